The summed E-state index contributed by atoms with van der Waals surface area (Å²) in [5, 5.41) is 0. The molecule has 1 aliphatic carbocycles. The molecule has 88 valence electrons. The van der Waals surface area contributed by atoms with Gasteiger partial charge >= 0.3 is 5.97 Å². The molecule has 0 aliphatic heterocycles. The summed E-state index contributed by atoms with van der Waals surface area (Å²) in [6.45, 7) is 4.37. The van der Waals surface area contributed by atoms with Crippen LogP contribution in [0.3, 0.4) is 0 Å². The maximum atomic E-state index is 11.8. The molecule has 0 atom stereocenters. The Hall–Kier alpha value is -1.25. The van der Waals surface area contributed by atoms with Gasteiger partial charge in [-0.25, -0.2) is 4.79 Å². The van der Waals surface area contributed by atoms with Crippen LogP contribution in [-0.2, 0) is 24.0 Å². The van der Waals surface area contributed by atoms with E-state index in [9.17, 15) is 4.79 Å². The molecule has 1 aliphatic rings. The van der Waals surface area contributed by atoms with Crippen molar-refractivity contribution in [2.24, 2.45) is 0 Å². The minimum atomic E-state index is -0.200. The summed E-state index contributed by atoms with van der Waals surface area (Å²) in [4.78, 5) is 15.1. The maximum absolute atomic E-state index is 11.8. The summed E-state index contributed by atoms with van der Waals surface area (Å²) < 4.78 is 5.08. The molecule has 0 aromatic carbocycles. The summed E-state index contributed by atoms with van der Waals surface area (Å²) in [5.41, 5.74) is 4.49. The second-order valence-electron chi connectivity index (χ2n) is 4.22. The van der Waals surface area contributed by atoms with Gasteiger partial charge < -0.3 is 9.72 Å². The SMILES string of the molecule is CCOC(=O)c1[nH]c2c(c1CC)CCCC2. The van der Waals surface area contributed by atoms with Gasteiger partial charge in [0.05, 0.1) is 6.61 Å². The molecule has 3 heteroatoms. The van der Waals surface area contributed by atoms with Crippen molar-refractivity contribution in [3.8, 4) is 0 Å². The third-order valence-corrected chi connectivity index (χ3v) is 3.24. The fourth-order valence-electron chi connectivity index (χ4n) is 2.52. The van der Waals surface area contributed by atoms with E-state index in [1.165, 1.54) is 29.7 Å². The van der Waals surface area contributed by atoms with Crippen molar-refractivity contribution in [3.05, 3.63) is 22.5 Å². The van der Waals surface area contributed by atoms with Crippen molar-refractivity contribution in [1.29, 1.82) is 0 Å². The van der Waals surface area contributed by atoms with Crippen molar-refractivity contribution < 1.29 is 9.53 Å². The summed E-state index contributed by atoms with van der Waals surface area (Å²) in [5.74, 6) is -0.200. The normalized spacial score (nSPS) is 14.6. The minimum absolute atomic E-state index is 0.200. The number of hydrogen-bond acceptors (Lipinski definition) is 2. The van der Waals surface area contributed by atoms with E-state index in [-0.39, 0.29) is 5.97 Å². The molecular weight excluding hydrogens is 202 g/mol. The highest BCUT2D eigenvalue weighted by Crippen LogP contribution is 2.27. The molecule has 0 unspecified atom stereocenters. The largest absolute Gasteiger partial charge is 0.461 e. The van der Waals surface area contributed by atoms with Crippen LogP contribution in [0, 0.1) is 0 Å². The van der Waals surface area contributed by atoms with Gasteiger partial charge in [-0.2, -0.15) is 0 Å². The van der Waals surface area contributed by atoms with Gasteiger partial charge in [-0.05, 0) is 50.2 Å². The van der Waals surface area contributed by atoms with Gasteiger partial charge in [0.15, 0.2) is 0 Å². The standard InChI is InChI=1S/C13H19NO2/c1-3-9-10-7-5-6-8-11(10)14-12(9)13(15)16-4-2/h14H,3-8H2,1-2H3. The summed E-state index contributed by atoms with van der Waals surface area (Å²) >= 11 is 0. The monoisotopic (exact) mass is 221 g/mol. The van der Waals surface area contributed by atoms with Crippen molar-refractivity contribution in [2.45, 2.75) is 46.0 Å². The van der Waals surface area contributed by atoms with Gasteiger partial charge in [-0.15, -0.1) is 0 Å². The first-order chi connectivity index (χ1) is 7.77. The van der Waals surface area contributed by atoms with Gasteiger partial charge in [-0.1, -0.05) is 6.92 Å². The van der Waals surface area contributed by atoms with Crippen LogP contribution in [0.2, 0.25) is 0 Å². The molecule has 0 saturated heterocycles. The first kappa shape index (κ1) is 11.2. The number of esters is 1. The number of aromatic amines is 1. The zero-order chi connectivity index (χ0) is 11.5. The average Bonchev–Trinajstić information content (AvgIpc) is 2.67. The lowest BCUT2D eigenvalue weighted by Gasteiger charge is -2.11. The third-order valence-electron chi connectivity index (χ3n) is 3.24. The van der Waals surface area contributed by atoms with Crippen molar-refractivity contribution in [1.82, 2.24) is 4.98 Å². The van der Waals surface area contributed by atoms with E-state index in [0.717, 1.165) is 19.3 Å². The molecule has 1 N–H and O–H groups in total. The highest BCUT2D eigenvalue weighted by molar-refractivity contribution is 5.90. The van der Waals surface area contributed by atoms with Crippen LogP contribution in [0.25, 0.3) is 0 Å². The lowest BCUT2D eigenvalue weighted by molar-refractivity contribution is 0.0519. The molecule has 1 heterocycles. The van der Waals surface area contributed by atoms with Crippen LogP contribution >= 0.6 is 0 Å². The summed E-state index contributed by atoms with van der Waals surface area (Å²) in [6, 6.07) is 0. The maximum Gasteiger partial charge on any atom is 0.355 e. The number of carbonyl (C=O) groups excluding carboxylic acids is 1. The molecule has 0 radical (unpaired) electrons. The quantitative estimate of drug-likeness (QED) is 0.797. The number of H-pyrrole nitrogens is 1. The van der Waals surface area contributed by atoms with E-state index in [0.29, 0.717) is 12.3 Å². The highest BCUT2D eigenvalue weighted by atomic mass is 16.5. The zero-order valence-electron chi connectivity index (χ0n) is 10.1. The number of rotatable bonds is 3. The second-order valence-corrected chi connectivity index (χ2v) is 4.22. The molecule has 0 bridgehead atoms. The molecule has 1 aromatic heterocycles. The van der Waals surface area contributed by atoms with Crippen LogP contribution < -0.4 is 0 Å². The van der Waals surface area contributed by atoms with Crippen molar-refractivity contribution in [3.63, 3.8) is 0 Å². The van der Waals surface area contributed by atoms with Gasteiger partial charge in [0.2, 0.25) is 0 Å². The first-order valence-electron chi connectivity index (χ1n) is 6.17. The lowest BCUT2D eigenvalue weighted by atomic mass is 9.93. The summed E-state index contributed by atoms with van der Waals surface area (Å²) in [7, 11) is 0. The molecular formula is C13H19NO2. The Balaban J connectivity index is 2.37. The Bertz CT molecular complexity index is 393. The van der Waals surface area contributed by atoms with Gasteiger partial charge in [0, 0.05) is 5.69 Å². The smallest absolute Gasteiger partial charge is 0.355 e. The Labute approximate surface area is 96.2 Å². The number of hydrogen-bond donors (Lipinski definition) is 1. The molecule has 1 aromatic rings. The second kappa shape index (κ2) is 4.73. The number of nitrogens with one attached hydrogen (secondary N) is 1. The van der Waals surface area contributed by atoms with Crippen molar-refractivity contribution >= 4 is 5.97 Å². The van der Waals surface area contributed by atoms with Gasteiger partial charge in [0.1, 0.15) is 5.69 Å². The van der Waals surface area contributed by atoms with E-state index in [1.54, 1.807) is 0 Å². The van der Waals surface area contributed by atoms with E-state index in [2.05, 4.69) is 11.9 Å². The number of ether oxygens (including phenoxy) is 1. The molecule has 2 rings (SSSR count). The Kier molecular flexibility index (Phi) is 3.32. The van der Waals surface area contributed by atoms with Gasteiger partial charge in [0.25, 0.3) is 0 Å². The van der Waals surface area contributed by atoms with E-state index in [4.69, 9.17) is 4.74 Å². The van der Waals surface area contributed by atoms with E-state index in [1.807, 2.05) is 6.92 Å². The number of fused-ring (bicyclic) bond motifs is 1. The zero-order valence-corrected chi connectivity index (χ0v) is 10.1. The molecule has 3 nitrogen and oxygen atoms in total. The Morgan fingerprint density at radius 1 is 1.31 bits per heavy atom. The van der Waals surface area contributed by atoms with Crippen LogP contribution in [0.4, 0.5) is 0 Å². The fraction of sp³-hybridized carbons (Fsp3) is 0.615. The number of aryl methyl sites for hydroxylation is 1. The molecule has 16 heavy (non-hydrogen) atoms. The first-order valence-corrected chi connectivity index (χ1v) is 6.17. The lowest BCUT2D eigenvalue weighted by Crippen LogP contribution is -2.08. The third kappa shape index (κ3) is 1.86. The highest BCUT2D eigenvalue weighted by Gasteiger charge is 2.23. The number of aromatic nitrogens is 1. The predicted molar refractivity (Wildman–Crippen MR) is 62.8 cm³/mol. The van der Waals surface area contributed by atoms with E-state index < -0.39 is 0 Å². The molecule has 0 amide bonds. The van der Waals surface area contributed by atoms with Crippen LogP contribution in [0.5, 0.6) is 0 Å². The minimum Gasteiger partial charge on any atom is -0.461 e. The molecule has 0 spiro atoms. The predicted octanol–water partition coefficient (Wildman–Crippen LogP) is 2.63. The van der Waals surface area contributed by atoms with Crippen LogP contribution in [0.1, 0.15) is 54.0 Å². The van der Waals surface area contributed by atoms with Crippen LogP contribution in [0.15, 0.2) is 0 Å². The fourth-order valence-corrected chi connectivity index (χ4v) is 2.52. The average molecular weight is 221 g/mol. The summed E-state index contributed by atoms with van der Waals surface area (Å²) in [6.07, 6.45) is 5.54. The van der Waals surface area contributed by atoms with Crippen molar-refractivity contribution in [2.75, 3.05) is 6.61 Å². The Morgan fingerprint density at radius 2 is 2.06 bits per heavy atom. The van der Waals surface area contributed by atoms with Crippen LogP contribution in [-0.4, -0.2) is 17.6 Å². The molecule has 0 saturated carbocycles. The Morgan fingerprint density at radius 3 is 2.75 bits per heavy atom. The van der Waals surface area contributed by atoms with E-state index >= 15 is 0 Å². The topological polar surface area (TPSA) is 42.1 Å². The molecule has 0 fully saturated rings. The number of carbonyl (C=O) groups is 1. The van der Waals surface area contributed by atoms with Gasteiger partial charge in [-0.3, -0.25) is 0 Å².